The number of esters is 3. The van der Waals surface area contributed by atoms with Crippen LogP contribution in [0.3, 0.4) is 0 Å². The van der Waals surface area contributed by atoms with E-state index < -0.39 is 82.0 Å². The van der Waals surface area contributed by atoms with Gasteiger partial charge in [0.1, 0.15) is 13.2 Å². The van der Waals surface area contributed by atoms with Crippen molar-refractivity contribution in [3.63, 3.8) is 0 Å². The maximum absolute atomic E-state index is 14.5. The molecule has 0 heterocycles. The molecule has 13 heteroatoms. The minimum atomic E-state index is -2.46. The zero-order valence-electron chi connectivity index (χ0n) is 29.6. The van der Waals surface area contributed by atoms with Gasteiger partial charge in [-0.25, -0.2) is 22.8 Å². The molecule has 0 atom stereocenters. The highest BCUT2D eigenvalue weighted by molar-refractivity contribution is 6.07. The fourth-order valence-electron chi connectivity index (χ4n) is 7.65. The quantitative estimate of drug-likeness (QED) is 0.0373. The summed E-state index contributed by atoms with van der Waals surface area (Å²) in [6.07, 6.45) is -1.06. The standard InChI is InChI=1S/C44H29F5N2O6/c45-35-36(46)38(48)42(39(49)37(35)47)57-33(52)18-21-17-30(43(53)55-19-31-26-13-5-1-9-22(26)23-10-2-6-14-27(23)31)40(50)41(51)34(21)44(54)56-20-32-28-15-7-3-11-24(28)25-12-4-8-16-29(25)32/h1-17,31-32H,18-20,50-51H2. The van der Waals surface area contributed by atoms with Crippen LogP contribution in [0, 0.1) is 29.1 Å². The van der Waals surface area contributed by atoms with E-state index in [2.05, 4.69) is 4.74 Å². The Morgan fingerprint density at radius 2 is 0.912 bits per heavy atom. The number of anilines is 2. The van der Waals surface area contributed by atoms with Gasteiger partial charge in [0.05, 0.1) is 28.9 Å². The normalized spacial score (nSPS) is 12.7. The summed E-state index contributed by atoms with van der Waals surface area (Å²) in [7, 11) is 0. The van der Waals surface area contributed by atoms with Crippen LogP contribution in [0.1, 0.15) is 60.4 Å². The largest absolute Gasteiger partial charge is 0.461 e. The van der Waals surface area contributed by atoms with Crippen LogP contribution in [0.4, 0.5) is 33.3 Å². The van der Waals surface area contributed by atoms with Gasteiger partial charge in [0.2, 0.25) is 34.8 Å². The van der Waals surface area contributed by atoms with E-state index in [4.69, 9.17) is 20.9 Å². The van der Waals surface area contributed by atoms with Crippen molar-refractivity contribution in [2.75, 3.05) is 24.7 Å². The Morgan fingerprint density at radius 3 is 1.35 bits per heavy atom. The molecule has 0 saturated carbocycles. The van der Waals surface area contributed by atoms with Gasteiger partial charge in [-0.05, 0) is 56.1 Å². The van der Waals surface area contributed by atoms with E-state index in [0.29, 0.717) is 0 Å². The number of rotatable bonds is 9. The van der Waals surface area contributed by atoms with Crippen molar-refractivity contribution >= 4 is 29.3 Å². The first-order chi connectivity index (χ1) is 27.5. The molecular formula is C44H29F5N2O6. The van der Waals surface area contributed by atoms with Gasteiger partial charge in [-0.15, -0.1) is 0 Å². The molecule has 0 fully saturated rings. The van der Waals surface area contributed by atoms with Crippen molar-refractivity contribution < 1.29 is 50.5 Å². The smallest absolute Gasteiger partial charge is 0.340 e. The molecule has 6 aromatic rings. The number of hydrogen-bond acceptors (Lipinski definition) is 8. The lowest BCUT2D eigenvalue weighted by Crippen LogP contribution is -2.22. The topological polar surface area (TPSA) is 131 Å². The summed E-state index contributed by atoms with van der Waals surface area (Å²) in [5.41, 5.74) is 18.1. The first-order valence-electron chi connectivity index (χ1n) is 17.6. The molecule has 0 amide bonds. The number of halogens is 5. The average molecular weight is 777 g/mol. The Kier molecular flexibility index (Phi) is 9.44. The maximum atomic E-state index is 14.5. The lowest BCUT2D eigenvalue weighted by Gasteiger charge is -2.19. The number of nitrogen functional groups attached to an aromatic ring is 2. The fourth-order valence-corrected chi connectivity index (χ4v) is 7.65. The zero-order chi connectivity index (χ0) is 40.1. The third-order valence-electron chi connectivity index (χ3n) is 10.3. The monoisotopic (exact) mass is 776 g/mol. The van der Waals surface area contributed by atoms with Gasteiger partial charge in [-0.3, -0.25) is 4.79 Å². The highest BCUT2D eigenvalue weighted by Gasteiger charge is 2.34. The molecule has 0 aliphatic heterocycles. The molecule has 0 spiro atoms. The number of benzene rings is 6. The van der Waals surface area contributed by atoms with E-state index in [1.165, 1.54) is 0 Å². The van der Waals surface area contributed by atoms with Gasteiger partial charge in [-0.2, -0.15) is 8.78 Å². The van der Waals surface area contributed by atoms with Crippen molar-refractivity contribution in [1.82, 2.24) is 0 Å². The third-order valence-corrected chi connectivity index (χ3v) is 10.3. The van der Waals surface area contributed by atoms with Crippen molar-refractivity contribution in [2.24, 2.45) is 0 Å². The Bertz CT molecular complexity index is 2550. The third kappa shape index (κ3) is 6.30. The predicted octanol–water partition coefficient (Wildman–Crippen LogP) is 8.63. The van der Waals surface area contributed by atoms with E-state index in [1.807, 2.05) is 97.1 Å². The number of carbonyl (C=O) groups excluding carboxylic acids is 3. The molecule has 8 nitrogen and oxygen atoms in total. The zero-order valence-corrected chi connectivity index (χ0v) is 29.6. The SMILES string of the molecule is Nc1c(C(=O)OCC2c3ccccc3-c3ccccc32)cc(CC(=O)Oc2c(F)c(F)c(F)c(F)c2F)c(C(=O)OCC2c3ccccc3-c3ccccc32)c1N. The van der Waals surface area contributed by atoms with Gasteiger partial charge < -0.3 is 25.7 Å². The second-order valence-electron chi connectivity index (χ2n) is 13.5. The van der Waals surface area contributed by atoms with Crippen LogP contribution in [0.5, 0.6) is 5.75 Å². The molecule has 0 unspecified atom stereocenters. The van der Waals surface area contributed by atoms with Crippen molar-refractivity contribution in [1.29, 1.82) is 0 Å². The Hall–Kier alpha value is -7.02. The summed E-state index contributed by atoms with van der Waals surface area (Å²) in [5.74, 6) is -18.2. The molecule has 2 aliphatic carbocycles. The van der Waals surface area contributed by atoms with Crippen LogP contribution >= 0.6 is 0 Å². The first-order valence-corrected chi connectivity index (χ1v) is 17.6. The number of nitrogens with two attached hydrogens (primary N) is 2. The summed E-state index contributed by atoms with van der Waals surface area (Å²) in [6.45, 7) is -0.341. The minimum absolute atomic E-state index is 0.141. The lowest BCUT2D eigenvalue weighted by atomic mass is 9.96. The fraction of sp³-hybridized carbons (Fsp3) is 0.114. The Balaban J connectivity index is 1.11. The van der Waals surface area contributed by atoms with E-state index in [-0.39, 0.29) is 30.3 Å². The molecule has 0 radical (unpaired) electrons. The van der Waals surface area contributed by atoms with E-state index >= 15 is 0 Å². The highest BCUT2D eigenvalue weighted by atomic mass is 19.2. The average Bonchev–Trinajstić information content (AvgIpc) is 3.72. The molecule has 8 rings (SSSR count). The number of hydrogen-bond donors (Lipinski definition) is 2. The summed E-state index contributed by atoms with van der Waals surface area (Å²) < 4.78 is 86.7. The number of fused-ring (bicyclic) bond motifs is 6. The predicted molar refractivity (Wildman–Crippen MR) is 199 cm³/mol. The van der Waals surface area contributed by atoms with Crippen LogP contribution in [-0.4, -0.2) is 31.1 Å². The Labute approximate surface area is 321 Å². The van der Waals surface area contributed by atoms with Gasteiger partial charge >= 0.3 is 17.9 Å². The molecule has 2 aliphatic rings. The molecule has 57 heavy (non-hydrogen) atoms. The van der Waals surface area contributed by atoms with Gasteiger partial charge in [-0.1, -0.05) is 97.1 Å². The summed E-state index contributed by atoms with van der Waals surface area (Å²) in [6, 6.07) is 31.4. The first kappa shape index (κ1) is 36.9. The van der Waals surface area contributed by atoms with Crippen molar-refractivity contribution in [3.05, 3.63) is 171 Å². The van der Waals surface area contributed by atoms with Crippen LogP contribution in [0.15, 0.2) is 103 Å². The van der Waals surface area contributed by atoms with E-state index in [0.717, 1.165) is 50.6 Å². The van der Waals surface area contributed by atoms with Crippen LogP contribution < -0.4 is 16.2 Å². The number of ether oxygens (including phenoxy) is 3. The second-order valence-corrected chi connectivity index (χ2v) is 13.5. The molecule has 0 saturated heterocycles. The van der Waals surface area contributed by atoms with E-state index in [1.54, 1.807) is 0 Å². The molecular weight excluding hydrogens is 747 g/mol. The lowest BCUT2D eigenvalue weighted by molar-refractivity contribution is -0.134. The van der Waals surface area contributed by atoms with Crippen molar-refractivity contribution in [2.45, 2.75) is 18.3 Å². The summed E-state index contributed by atoms with van der Waals surface area (Å²) >= 11 is 0. The Morgan fingerprint density at radius 1 is 0.526 bits per heavy atom. The molecule has 6 aromatic carbocycles. The number of carbonyl (C=O) groups is 3. The van der Waals surface area contributed by atoms with E-state index in [9.17, 15) is 36.3 Å². The molecule has 0 bridgehead atoms. The second kappa shape index (κ2) is 14.6. The van der Waals surface area contributed by atoms with Gasteiger partial charge in [0, 0.05) is 11.8 Å². The highest BCUT2D eigenvalue weighted by Crippen LogP contribution is 2.46. The van der Waals surface area contributed by atoms with Gasteiger partial charge in [0.15, 0.2) is 0 Å². The van der Waals surface area contributed by atoms with Crippen LogP contribution in [-0.2, 0) is 20.7 Å². The van der Waals surface area contributed by atoms with Gasteiger partial charge in [0.25, 0.3) is 0 Å². The molecule has 0 aromatic heterocycles. The van der Waals surface area contributed by atoms with Crippen molar-refractivity contribution in [3.8, 4) is 28.0 Å². The summed E-state index contributed by atoms with van der Waals surface area (Å²) in [5, 5.41) is 0. The van der Waals surface area contributed by atoms with Crippen LogP contribution in [0.25, 0.3) is 22.3 Å². The molecule has 4 N–H and O–H groups in total. The minimum Gasteiger partial charge on any atom is -0.461 e. The maximum Gasteiger partial charge on any atom is 0.340 e. The van der Waals surface area contributed by atoms with Crippen LogP contribution in [0.2, 0.25) is 0 Å². The molecule has 286 valence electrons. The summed E-state index contributed by atoms with van der Waals surface area (Å²) in [4.78, 5) is 40.8.